The summed E-state index contributed by atoms with van der Waals surface area (Å²) in [7, 11) is -3.88. The van der Waals surface area contributed by atoms with Crippen LogP contribution in [-0.4, -0.2) is 51.1 Å². The summed E-state index contributed by atoms with van der Waals surface area (Å²) in [5.74, 6) is -0.394. The summed E-state index contributed by atoms with van der Waals surface area (Å²) in [4.78, 5) is 12.1. The highest BCUT2D eigenvalue weighted by molar-refractivity contribution is 7.89. The van der Waals surface area contributed by atoms with E-state index >= 15 is 0 Å². The molecule has 0 spiro atoms. The van der Waals surface area contributed by atoms with Gasteiger partial charge in [0.05, 0.1) is 23.0 Å². The van der Waals surface area contributed by atoms with Crippen molar-refractivity contribution in [1.29, 1.82) is 0 Å². The summed E-state index contributed by atoms with van der Waals surface area (Å²) >= 11 is 0. The second-order valence-corrected chi connectivity index (χ2v) is 8.09. The third kappa shape index (κ3) is 4.90. The van der Waals surface area contributed by atoms with Gasteiger partial charge in [-0.3, -0.25) is 15.0 Å². The quantitative estimate of drug-likeness (QED) is 0.555. The topological polar surface area (TPSA) is 102 Å². The van der Waals surface area contributed by atoms with E-state index in [0.717, 1.165) is 12.1 Å². The van der Waals surface area contributed by atoms with Crippen LogP contribution in [-0.2, 0) is 14.8 Å². The molecular formula is C18H20FN3O5S. The first kappa shape index (κ1) is 20.3. The molecule has 1 unspecified atom stereocenters. The van der Waals surface area contributed by atoms with Crippen molar-refractivity contribution in [3.63, 3.8) is 0 Å². The van der Waals surface area contributed by atoms with Crippen molar-refractivity contribution in [2.45, 2.75) is 10.9 Å². The van der Waals surface area contributed by atoms with Crippen LogP contribution >= 0.6 is 0 Å². The van der Waals surface area contributed by atoms with E-state index in [0.29, 0.717) is 31.9 Å². The monoisotopic (exact) mass is 409 g/mol. The molecule has 0 amide bonds. The number of morpholine rings is 1. The number of hydrogen-bond acceptors (Lipinski definition) is 6. The summed E-state index contributed by atoms with van der Waals surface area (Å²) in [6.45, 7) is 2.26. The van der Waals surface area contributed by atoms with Crippen molar-refractivity contribution in [3.8, 4) is 0 Å². The highest BCUT2D eigenvalue weighted by atomic mass is 32.2. The standard InChI is InChI=1S/C18H20FN3O5S/c19-15-3-1-2-14(12-15)18(21-8-10-27-11-9-21)13-20-28(25,26)17-6-4-16(5-7-17)22(23)24/h1-7,12,18,20H,8-11,13H2. The maximum atomic E-state index is 13.7. The predicted molar refractivity (Wildman–Crippen MR) is 99.8 cm³/mol. The molecule has 1 fully saturated rings. The maximum absolute atomic E-state index is 13.7. The van der Waals surface area contributed by atoms with Crippen LogP contribution < -0.4 is 4.72 Å². The Labute approximate surface area is 162 Å². The molecule has 1 N–H and O–H groups in total. The highest BCUT2D eigenvalue weighted by Gasteiger charge is 2.25. The van der Waals surface area contributed by atoms with Crippen molar-refractivity contribution in [1.82, 2.24) is 9.62 Å². The van der Waals surface area contributed by atoms with Crippen LogP contribution in [0, 0.1) is 15.9 Å². The lowest BCUT2D eigenvalue weighted by atomic mass is 10.0. The Morgan fingerprint density at radius 2 is 1.86 bits per heavy atom. The Kier molecular flexibility index (Phi) is 6.35. The molecule has 0 saturated carbocycles. The number of ether oxygens (including phenoxy) is 1. The minimum absolute atomic E-state index is 0.0305. The maximum Gasteiger partial charge on any atom is 0.269 e. The van der Waals surface area contributed by atoms with Crippen LogP contribution in [0.1, 0.15) is 11.6 Å². The first-order chi connectivity index (χ1) is 13.4. The van der Waals surface area contributed by atoms with Gasteiger partial charge in [-0.2, -0.15) is 0 Å². The van der Waals surface area contributed by atoms with Gasteiger partial charge in [0, 0.05) is 37.8 Å². The van der Waals surface area contributed by atoms with Gasteiger partial charge in [0.15, 0.2) is 0 Å². The molecule has 1 aliphatic heterocycles. The zero-order valence-electron chi connectivity index (χ0n) is 15.0. The first-order valence-electron chi connectivity index (χ1n) is 8.68. The summed E-state index contributed by atoms with van der Waals surface area (Å²) in [6.07, 6.45) is 0. The number of nitrogens with one attached hydrogen (secondary N) is 1. The number of nitro benzene ring substituents is 1. The smallest absolute Gasteiger partial charge is 0.269 e. The van der Waals surface area contributed by atoms with E-state index in [4.69, 9.17) is 4.74 Å². The second kappa shape index (κ2) is 8.74. The molecule has 28 heavy (non-hydrogen) atoms. The van der Waals surface area contributed by atoms with Gasteiger partial charge >= 0.3 is 0 Å². The molecule has 150 valence electrons. The van der Waals surface area contributed by atoms with Crippen LogP contribution in [0.3, 0.4) is 0 Å². The zero-order chi connectivity index (χ0) is 20.1. The fraction of sp³-hybridized carbons (Fsp3) is 0.333. The fourth-order valence-corrected chi connectivity index (χ4v) is 4.12. The van der Waals surface area contributed by atoms with Crippen molar-refractivity contribution in [3.05, 3.63) is 70.0 Å². The van der Waals surface area contributed by atoms with E-state index in [1.165, 1.54) is 24.3 Å². The van der Waals surface area contributed by atoms with E-state index in [-0.39, 0.29) is 23.2 Å². The summed E-state index contributed by atoms with van der Waals surface area (Å²) < 4.78 is 46.8. The van der Waals surface area contributed by atoms with Crippen LogP contribution in [0.5, 0.6) is 0 Å². The molecule has 0 bridgehead atoms. The molecule has 0 aliphatic carbocycles. The van der Waals surface area contributed by atoms with Crippen LogP contribution in [0.15, 0.2) is 53.4 Å². The zero-order valence-corrected chi connectivity index (χ0v) is 15.8. The number of sulfonamides is 1. The van der Waals surface area contributed by atoms with Crippen molar-refractivity contribution in [2.75, 3.05) is 32.8 Å². The van der Waals surface area contributed by atoms with E-state index in [2.05, 4.69) is 4.72 Å². The lowest BCUT2D eigenvalue weighted by molar-refractivity contribution is -0.384. The minimum atomic E-state index is -3.88. The van der Waals surface area contributed by atoms with Gasteiger partial charge in [-0.1, -0.05) is 12.1 Å². The van der Waals surface area contributed by atoms with Crippen LogP contribution in [0.25, 0.3) is 0 Å². The first-order valence-corrected chi connectivity index (χ1v) is 10.2. The molecule has 10 heteroatoms. The number of non-ortho nitro benzene ring substituents is 1. The number of benzene rings is 2. The third-order valence-electron chi connectivity index (χ3n) is 4.54. The lowest BCUT2D eigenvalue weighted by Crippen LogP contribution is -2.43. The number of hydrogen-bond donors (Lipinski definition) is 1. The number of nitro groups is 1. The lowest BCUT2D eigenvalue weighted by Gasteiger charge is -2.34. The third-order valence-corrected chi connectivity index (χ3v) is 5.98. The summed E-state index contributed by atoms with van der Waals surface area (Å²) in [6, 6.07) is 10.3. The molecular weight excluding hydrogens is 389 g/mol. The molecule has 1 heterocycles. The molecule has 1 atom stereocenters. The molecule has 0 radical (unpaired) electrons. The van der Waals surface area contributed by atoms with Gasteiger partial charge in [0.25, 0.3) is 5.69 Å². The number of rotatable bonds is 7. The van der Waals surface area contributed by atoms with E-state index < -0.39 is 20.8 Å². The van der Waals surface area contributed by atoms with E-state index in [1.807, 2.05) is 4.90 Å². The predicted octanol–water partition coefficient (Wildman–Crippen LogP) is 2.09. The van der Waals surface area contributed by atoms with Crippen LogP contribution in [0.2, 0.25) is 0 Å². The average Bonchev–Trinajstić information content (AvgIpc) is 2.69. The van der Waals surface area contributed by atoms with Crippen molar-refractivity contribution < 1.29 is 22.5 Å². The summed E-state index contributed by atoms with van der Waals surface area (Å²) in [5, 5.41) is 10.7. The van der Waals surface area contributed by atoms with E-state index in [1.54, 1.807) is 12.1 Å². The number of nitrogens with zero attached hydrogens (tertiary/aromatic N) is 2. The Bertz CT molecular complexity index is 930. The number of halogens is 1. The van der Waals surface area contributed by atoms with Crippen LogP contribution in [0.4, 0.5) is 10.1 Å². The molecule has 2 aromatic carbocycles. The van der Waals surface area contributed by atoms with Crippen molar-refractivity contribution >= 4 is 15.7 Å². The molecule has 2 aromatic rings. The van der Waals surface area contributed by atoms with Gasteiger partial charge in [-0.05, 0) is 29.8 Å². The van der Waals surface area contributed by atoms with Gasteiger partial charge in [0.2, 0.25) is 10.0 Å². The Morgan fingerprint density at radius 1 is 1.18 bits per heavy atom. The molecule has 0 aromatic heterocycles. The Hall–Kier alpha value is -2.40. The Balaban J connectivity index is 1.79. The molecule has 1 saturated heterocycles. The SMILES string of the molecule is O=[N+]([O-])c1ccc(S(=O)(=O)NCC(c2cccc(F)c2)N2CCOCC2)cc1. The second-order valence-electron chi connectivity index (χ2n) is 6.32. The van der Waals surface area contributed by atoms with Gasteiger partial charge < -0.3 is 4.74 Å². The highest BCUT2D eigenvalue weighted by Crippen LogP contribution is 2.23. The Morgan fingerprint density at radius 3 is 2.46 bits per heavy atom. The van der Waals surface area contributed by atoms with E-state index in [9.17, 15) is 22.9 Å². The molecule has 1 aliphatic rings. The molecule has 8 nitrogen and oxygen atoms in total. The van der Waals surface area contributed by atoms with Gasteiger partial charge in [0.1, 0.15) is 5.82 Å². The largest absolute Gasteiger partial charge is 0.379 e. The minimum Gasteiger partial charge on any atom is -0.379 e. The molecule has 3 rings (SSSR count). The fourth-order valence-electron chi connectivity index (χ4n) is 3.08. The average molecular weight is 409 g/mol. The summed E-state index contributed by atoms with van der Waals surface area (Å²) in [5.41, 5.74) is 0.471. The van der Waals surface area contributed by atoms with Gasteiger partial charge in [-0.15, -0.1) is 0 Å². The van der Waals surface area contributed by atoms with Gasteiger partial charge in [-0.25, -0.2) is 17.5 Å². The van der Waals surface area contributed by atoms with Crippen molar-refractivity contribution in [2.24, 2.45) is 0 Å². The normalized spacial score (nSPS) is 16.6.